The Morgan fingerprint density at radius 3 is 2.63 bits per heavy atom. The summed E-state index contributed by atoms with van der Waals surface area (Å²) in [5, 5.41) is 14.3. The summed E-state index contributed by atoms with van der Waals surface area (Å²) in [6, 6.07) is 5.14. The topological polar surface area (TPSA) is 64.4 Å². The van der Waals surface area contributed by atoms with Crippen molar-refractivity contribution >= 4 is 11.4 Å². The second-order valence-electron chi connectivity index (χ2n) is 4.93. The number of hydrogen-bond donors (Lipinski definition) is 1. The molecule has 0 bridgehead atoms. The van der Waals surface area contributed by atoms with E-state index < -0.39 is 0 Å². The van der Waals surface area contributed by atoms with E-state index in [1.165, 1.54) is 6.07 Å². The summed E-state index contributed by atoms with van der Waals surface area (Å²) in [5.74, 6) is 0.326. The van der Waals surface area contributed by atoms with Gasteiger partial charge in [-0.05, 0) is 31.4 Å². The van der Waals surface area contributed by atoms with Gasteiger partial charge in [0.15, 0.2) is 0 Å². The third kappa shape index (κ3) is 4.52. The predicted molar refractivity (Wildman–Crippen MR) is 76.6 cm³/mol. The Balaban J connectivity index is 2.94. The van der Waals surface area contributed by atoms with Gasteiger partial charge in [-0.2, -0.15) is 0 Å². The fraction of sp³-hybridized carbons (Fsp3) is 0.571. The number of ether oxygens (including phenoxy) is 1. The molecule has 1 rings (SSSR count). The van der Waals surface area contributed by atoms with Crippen LogP contribution in [-0.2, 0) is 4.74 Å². The van der Waals surface area contributed by atoms with Crippen molar-refractivity contribution in [3.05, 3.63) is 33.9 Å². The Bertz CT molecular complexity index is 433. The number of hydrogen-bond acceptors (Lipinski definition) is 4. The first-order valence-corrected chi connectivity index (χ1v) is 6.55. The van der Waals surface area contributed by atoms with E-state index >= 15 is 0 Å². The minimum absolute atomic E-state index is 0.0560. The molecule has 19 heavy (non-hydrogen) atoms. The molecule has 0 spiro atoms. The molecule has 0 fully saturated rings. The van der Waals surface area contributed by atoms with Crippen LogP contribution in [0.25, 0.3) is 0 Å². The third-order valence-electron chi connectivity index (χ3n) is 3.00. The highest BCUT2D eigenvalue weighted by atomic mass is 16.6. The van der Waals surface area contributed by atoms with E-state index in [1.807, 2.05) is 13.8 Å². The summed E-state index contributed by atoms with van der Waals surface area (Å²) >= 11 is 0. The average molecular weight is 266 g/mol. The maximum absolute atomic E-state index is 11.0. The molecule has 1 aromatic carbocycles. The Kier molecular flexibility index (Phi) is 5.76. The molecule has 0 aromatic heterocycles. The van der Waals surface area contributed by atoms with Crippen LogP contribution in [0.2, 0.25) is 0 Å². The molecule has 0 saturated heterocycles. The molecule has 1 unspecified atom stereocenters. The number of nitrogens with one attached hydrogen (secondary N) is 1. The van der Waals surface area contributed by atoms with Crippen molar-refractivity contribution in [3.8, 4) is 0 Å². The standard InChI is InChI=1S/C14H22N2O3/c1-5-19-9-13(10(2)3)15-12-8-11(4)6-7-14(12)16(17)18/h6-8,10,13,15H,5,9H2,1-4H3. The lowest BCUT2D eigenvalue weighted by atomic mass is 10.0. The van der Waals surface area contributed by atoms with E-state index in [9.17, 15) is 10.1 Å². The van der Waals surface area contributed by atoms with E-state index in [4.69, 9.17) is 4.74 Å². The van der Waals surface area contributed by atoms with Gasteiger partial charge in [-0.15, -0.1) is 0 Å². The first kappa shape index (κ1) is 15.4. The highest BCUT2D eigenvalue weighted by molar-refractivity contribution is 5.63. The lowest BCUT2D eigenvalue weighted by molar-refractivity contribution is -0.384. The van der Waals surface area contributed by atoms with E-state index in [2.05, 4.69) is 19.2 Å². The quantitative estimate of drug-likeness (QED) is 0.607. The molecule has 0 aliphatic heterocycles. The average Bonchev–Trinajstić information content (AvgIpc) is 2.33. The number of benzene rings is 1. The first-order valence-electron chi connectivity index (χ1n) is 6.55. The molecule has 0 aliphatic rings. The molecular weight excluding hydrogens is 244 g/mol. The summed E-state index contributed by atoms with van der Waals surface area (Å²) in [6.07, 6.45) is 0. The summed E-state index contributed by atoms with van der Waals surface area (Å²) < 4.78 is 5.43. The predicted octanol–water partition coefficient (Wildman–Crippen LogP) is 3.38. The Hall–Kier alpha value is -1.62. The fourth-order valence-corrected chi connectivity index (χ4v) is 1.77. The van der Waals surface area contributed by atoms with Gasteiger partial charge in [0.25, 0.3) is 5.69 Å². The first-order chi connectivity index (χ1) is 8.95. The molecule has 1 N–H and O–H groups in total. The molecule has 1 atom stereocenters. The Labute approximate surface area is 114 Å². The van der Waals surface area contributed by atoms with Gasteiger partial charge in [-0.1, -0.05) is 19.9 Å². The monoisotopic (exact) mass is 266 g/mol. The maximum Gasteiger partial charge on any atom is 0.292 e. The smallest absolute Gasteiger partial charge is 0.292 e. The minimum atomic E-state index is -0.361. The fourth-order valence-electron chi connectivity index (χ4n) is 1.77. The van der Waals surface area contributed by atoms with Crippen molar-refractivity contribution in [2.45, 2.75) is 33.7 Å². The van der Waals surface area contributed by atoms with Crippen molar-refractivity contribution in [1.29, 1.82) is 0 Å². The van der Waals surface area contributed by atoms with Crippen molar-refractivity contribution in [3.63, 3.8) is 0 Å². The molecule has 106 valence electrons. The van der Waals surface area contributed by atoms with Gasteiger partial charge < -0.3 is 10.1 Å². The number of anilines is 1. The summed E-state index contributed by atoms with van der Waals surface area (Å²) in [6.45, 7) is 9.17. The molecule has 5 heteroatoms. The summed E-state index contributed by atoms with van der Waals surface area (Å²) in [7, 11) is 0. The molecule has 0 saturated carbocycles. The minimum Gasteiger partial charge on any atom is -0.380 e. The zero-order chi connectivity index (χ0) is 14.4. The number of nitro benzene ring substituents is 1. The van der Waals surface area contributed by atoms with Crippen LogP contribution >= 0.6 is 0 Å². The second-order valence-corrected chi connectivity index (χ2v) is 4.93. The SMILES string of the molecule is CCOCC(Nc1cc(C)ccc1[N+](=O)[O-])C(C)C. The maximum atomic E-state index is 11.0. The van der Waals surface area contributed by atoms with E-state index in [0.29, 0.717) is 24.8 Å². The largest absolute Gasteiger partial charge is 0.380 e. The van der Waals surface area contributed by atoms with Gasteiger partial charge >= 0.3 is 0 Å². The molecule has 1 aromatic rings. The summed E-state index contributed by atoms with van der Waals surface area (Å²) in [5.41, 5.74) is 1.66. The van der Waals surface area contributed by atoms with Crippen LogP contribution < -0.4 is 5.32 Å². The van der Waals surface area contributed by atoms with Crippen molar-refractivity contribution < 1.29 is 9.66 Å². The molecule has 0 heterocycles. The Morgan fingerprint density at radius 2 is 2.11 bits per heavy atom. The van der Waals surface area contributed by atoms with Crippen LogP contribution in [0.5, 0.6) is 0 Å². The molecule has 0 amide bonds. The van der Waals surface area contributed by atoms with Crippen molar-refractivity contribution in [2.75, 3.05) is 18.5 Å². The van der Waals surface area contributed by atoms with Crippen LogP contribution in [0.15, 0.2) is 18.2 Å². The third-order valence-corrected chi connectivity index (χ3v) is 3.00. The van der Waals surface area contributed by atoms with Crippen LogP contribution in [0.4, 0.5) is 11.4 Å². The molecule has 0 radical (unpaired) electrons. The van der Waals surface area contributed by atoms with Gasteiger partial charge in [-0.3, -0.25) is 10.1 Å². The van der Waals surface area contributed by atoms with E-state index in [1.54, 1.807) is 12.1 Å². The van der Waals surface area contributed by atoms with Crippen molar-refractivity contribution in [1.82, 2.24) is 0 Å². The normalized spacial score (nSPS) is 12.5. The van der Waals surface area contributed by atoms with Crippen LogP contribution in [0.3, 0.4) is 0 Å². The van der Waals surface area contributed by atoms with E-state index in [0.717, 1.165) is 5.56 Å². The number of rotatable bonds is 7. The zero-order valence-electron chi connectivity index (χ0n) is 12.0. The lowest BCUT2D eigenvalue weighted by Crippen LogP contribution is -2.31. The van der Waals surface area contributed by atoms with Crippen LogP contribution in [0.1, 0.15) is 26.3 Å². The second kappa shape index (κ2) is 7.09. The van der Waals surface area contributed by atoms with Gasteiger partial charge in [0.1, 0.15) is 5.69 Å². The van der Waals surface area contributed by atoms with Crippen LogP contribution in [0, 0.1) is 23.0 Å². The van der Waals surface area contributed by atoms with Gasteiger partial charge in [0.05, 0.1) is 17.6 Å². The summed E-state index contributed by atoms with van der Waals surface area (Å²) in [4.78, 5) is 10.7. The zero-order valence-corrected chi connectivity index (χ0v) is 12.0. The number of aryl methyl sites for hydroxylation is 1. The molecular formula is C14H22N2O3. The van der Waals surface area contributed by atoms with Gasteiger partial charge in [0, 0.05) is 12.7 Å². The van der Waals surface area contributed by atoms with Gasteiger partial charge in [0.2, 0.25) is 0 Å². The van der Waals surface area contributed by atoms with E-state index in [-0.39, 0.29) is 16.7 Å². The highest BCUT2D eigenvalue weighted by Gasteiger charge is 2.19. The Morgan fingerprint density at radius 1 is 1.42 bits per heavy atom. The lowest BCUT2D eigenvalue weighted by Gasteiger charge is -2.23. The highest BCUT2D eigenvalue weighted by Crippen LogP contribution is 2.27. The molecule has 0 aliphatic carbocycles. The van der Waals surface area contributed by atoms with Gasteiger partial charge in [-0.25, -0.2) is 0 Å². The number of nitrogens with zero attached hydrogens (tertiary/aromatic N) is 1. The number of nitro groups is 1. The van der Waals surface area contributed by atoms with Crippen LogP contribution in [-0.4, -0.2) is 24.2 Å². The molecule has 5 nitrogen and oxygen atoms in total. The van der Waals surface area contributed by atoms with Crippen molar-refractivity contribution in [2.24, 2.45) is 5.92 Å².